The van der Waals surface area contributed by atoms with Gasteiger partial charge in [-0.15, -0.1) is 0 Å². The fourth-order valence-corrected chi connectivity index (χ4v) is 7.41. The summed E-state index contributed by atoms with van der Waals surface area (Å²) >= 11 is 18.8. The van der Waals surface area contributed by atoms with E-state index in [2.05, 4.69) is 5.32 Å². The maximum atomic E-state index is 14.4. The zero-order valence-electron chi connectivity index (χ0n) is 25.6. The second-order valence-corrected chi connectivity index (χ2v) is 14.3. The molecule has 0 aliphatic heterocycles. The molecule has 4 rings (SSSR count). The van der Waals surface area contributed by atoms with Gasteiger partial charge in [-0.2, -0.15) is 0 Å². The summed E-state index contributed by atoms with van der Waals surface area (Å²) < 4.78 is 34.9. The van der Waals surface area contributed by atoms with Crippen LogP contribution in [-0.4, -0.2) is 50.9 Å². The summed E-state index contributed by atoms with van der Waals surface area (Å²) in [5.41, 5.74) is 1.60. The number of aryl methyl sites for hydroxylation is 1. The number of nitrogens with zero attached hydrogens (tertiary/aromatic N) is 2. The number of anilines is 1. The van der Waals surface area contributed by atoms with Crippen LogP contribution in [0, 0.1) is 6.92 Å². The van der Waals surface area contributed by atoms with E-state index < -0.39 is 28.5 Å². The maximum Gasteiger partial charge on any atom is 0.264 e. The fraction of sp³-hybridized carbons (Fsp3) is 0.394. The van der Waals surface area contributed by atoms with Crippen molar-refractivity contribution in [2.45, 2.75) is 75.9 Å². The van der Waals surface area contributed by atoms with E-state index in [0.29, 0.717) is 22.0 Å². The highest BCUT2D eigenvalue weighted by Gasteiger charge is 2.35. The van der Waals surface area contributed by atoms with Gasteiger partial charge in [0.15, 0.2) is 0 Å². The normalized spacial score (nSPS) is 14.4. The molecule has 1 atom stereocenters. The minimum absolute atomic E-state index is 0.00256. The molecule has 1 aliphatic carbocycles. The van der Waals surface area contributed by atoms with Gasteiger partial charge < -0.3 is 15.0 Å². The molecular weight excluding hydrogens is 657 g/mol. The van der Waals surface area contributed by atoms with E-state index in [1.807, 2.05) is 13.8 Å². The van der Waals surface area contributed by atoms with Crippen LogP contribution >= 0.6 is 34.8 Å². The third kappa shape index (κ3) is 8.64. The zero-order valence-corrected chi connectivity index (χ0v) is 28.6. The molecule has 1 aliphatic rings. The molecule has 0 aromatic heterocycles. The third-order valence-corrected chi connectivity index (χ3v) is 10.7. The Morgan fingerprint density at radius 2 is 1.64 bits per heavy atom. The quantitative estimate of drug-likeness (QED) is 0.213. The number of halogens is 3. The molecule has 1 saturated carbocycles. The van der Waals surface area contributed by atoms with E-state index in [9.17, 15) is 18.0 Å². The van der Waals surface area contributed by atoms with Crippen molar-refractivity contribution in [2.75, 3.05) is 18.0 Å². The lowest BCUT2D eigenvalue weighted by Gasteiger charge is -2.34. The molecule has 0 bridgehead atoms. The van der Waals surface area contributed by atoms with E-state index in [4.69, 9.17) is 39.5 Å². The number of hydrogen-bond donors (Lipinski definition) is 1. The van der Waals surface area contributed by atoms with Crippen molar-refractivity contribution >= 4 is 62.3 Å². The van der Waals surface area contributed by atoms with E-state index in [-0.39, 0.29) is 39.8 Å². The van der Waals surface area contributed by atoms with Gasteiger partial charge in [-0.1, -0.05) is 84.8 Å². The van der Waals surface area contributed by atoms with Crippen LogP contribution in [0.15, 0.2) is 65.6 Å². The molecule has 8 nitrogen and oxygen atoms in total. The Bertz CT molecular complexity index is 1610. The molecule has 0 saturated heterocycles. The summed E-state index contributed by atoms with van der Waals surface area (Å²) in [6.07, 6.45) is 5.24. The molecule has 3 aromatic rings. The molecule has 0 spiro atoms. The van der Waals surface area contributed by atoms with Crippen LogP contribution in [0.1, 0.15) is 56.6 Å². The molecule has 0 radical (unpaired) electrons. The Hall–Kier alpha value is -2.98. The van der Waals surface area contributed by atoms with Crippen LogP contribution in [0.4, 0.5) is 5.69 Å². The van der Waals surface area contributed by atoms with Gasteiger partial charge in [-0.05, 0) is 74.2 Å². The lowest BCUT2D eigenvalue weighted by Crippen LogP contribution is -2.54. The van der Waals surface area contributed by atoms with Crippen molar-refractivity contribution in [3.8, 4) is 5.75 Å². The zero-order chi connectivity index (χ0) is 32.7. The molecule has 3 aromatic carbocycles. The van der Waals surface area contributed by atoms with Crippen molar-refractivity contribution < 1.29 is 22.7 Å². The summed E-state index contributed by atoms with van der Waals surface area (Å²) in [6, 6.07) is 15.0. The number of benzene rings is 3. The summed E-state index contributed by atoms with van der Waals surface area (Å²) in [5.74, 6) is -0.670. The van der Waals surface area contributed by atoms with Crippen molar-refractivity contribution in [1.29, 1.82) is 0 Å². The van der Waals surface area contributed by atoms with E-state index in [0.717, 1.165) is 42.0 Å². The molecule has 0 heterocycles. The molecule has 1 N–H and O–H groups in total. The molecule has 45 heavy (non-hydrogen) atoms. The predicted molar refractivity (Wildman–Crippen MR) is 180 cm³/mol. The van der Waals surface area contributed by atoms with Crippen molar-refractivity contribution in [2.24, 2.45) is 0 Å². The van der Waals surface area contributed by atoms with E-state index in [1.165, 1.54) is 30.2 Å². The predicted octanol–water partition coefficient (Wildman–Crippen LogP) is 7.42. The Morgan fingerprint density at radius 1 is 0.956 bits per heavy atom. The molecule has 0 unspecified atom stereocenters. The Balaban J connectivity index is 1.77. The molecule has 2 amide bonds. The minimum Gasteiger partial charge on any atom is -0.495 e. The minimum atomic E-state index is -4.30. The maximum absolute atomic E-state index is 14.4. The highest BCUT2D eigenvalue weighted by atomic mass is 35.5. The van der Waals surface area contributed by atoms with Gasteiger partial charge in [0.05, 0.1) is 27.7 Å². The SMILES string of the molecule is CC[C@H](C(=O)NC1CCCCC1)N(Cc1ccc(Cl)c(Cl)c1)C(=O)CN(c1cc(Cl)ccc1OC)S(=O)(=O)c1ccc(C)cc1. The van der Waals surface area contributed by atoms with Crippen molar-refractivity contribution in [1.82, 2.24) is 10.2 Å². The molecule has 242 valence electrons. The molecular formula is C33H38Cl3N3O5S. The summed E-state index contributed by atoms with van der Waals surface area (Å²) in [4.78, 5) is 29.5. The average molecular weight is 695 g/mol. The van der Waals surface area contributed by atoms with Crippen LogP contribution in [-0.2, 0) is 26.2 Å². The van der Waals surface area contributed by atoms with Gasteiger partial charge in [-0.25, -0.2) is 8.42 Å². The second kappa shape index (κ2) is 15.5. The monoisotopic (exact) mass is 693 g/mol. The highest BCUT2D eigenvalue weighted by Crippen LogP contribution is 2.35. The average Bonchev–Trinajstić information content (AvgIpc) is 3.02. The number of ether oxygens (including phenoxy) is 1. The lowest BCUT2D eigenvalue weighted by atomic mass is 9.95. The first kappa shape index (κ1) is 34.9. The third-order valence-electron chi connectivity index (χ3n) is 7.97. The van der Waals surface area contributed by atoms with Gasteiger partial charge in [-0.3, -0.25) is 13.9 Å². The Morgan fingerprint density at radius 3 is 2.27 bits per heavy atom. The number of hydrogen-bond acceptors (Lipinski definition) is 5. The first-order valence-corrected chi connectivity index (χ1v) is 17.5. The number of carbonyl (C=O) groups excluding carboxylic acids is 2. The number of carbonyl (C=O) groups is 2. The fourth-order valence-electron chi connectivity index (χ4n) is 5.51. The number of amides is 2. The molecule has 12 heteroatoms. The lowest BCUT2D eigenvalue weighted by molar-refractivity contribution is -0.140. The number of sulfonamides is 1. The highest BCUT2D eigenvalue weighted by molar-refractivity contribution is 7.92. The first-order valence-electron chi connectivity index (χ1n) is 14.9. The number of nitrogens with one attached hydrogen (secondary N) is 1. The van der Waals surface area contributed by atoms with Crippen LogP contribution in [0.2, 0.25) is 15.1 Å². The van der Waals surface area contributed by atoms with Crippen LogP contribution < -0.4 is 14.4 Å². The summed E-state index contributed by atoms with van der Waals surface area (Å²) in [6.45, 7) is 3.04. The van der Waals surface area contributed by atoms with E-state index in [1.54, 1.807) is 42.5 Å². The molecule has 1 fully saturated rings. The largest absolute Gasteiger partial charge is 0.495 e. The van der Waals surface area contributed by atoms with Crippen LogP contribution in [0.25, 0.3) is 0 Å². The standard InChI is InChI=1S/C33H38Cl3N3O5S/c1-4-29(33(41)37-25-8-6-5-7-9-25)38(20-23-12-16-27(35)28(36)18-23)32(40)21-39(30-19-24(34)13-17-31(30)44-3)45(42,43)26-14-10-22(2)11-15-26/h10-19,25,29H,4-9,20-21H2,1-3H3,(H,37,41)/t29-/m1/s1. The van der Waals surface area contributed by atoms with Gasteiger partial charge in [0.25, 0.3) is 10.0 Å². The Kier molecular flexibility index (Phi) is 12.0. The van der Waals surface area contributed by atoms with E-state index >= 15 is 0 Å². The Labute approximate surface area is 280 Å². The summed E-state index contributed by atoms with van der Waals surface area (Å²) in [7, 11) is -2.89. The van der Waals surface area contributed by atoms with Gasteiger partial charge in [0.2, 0.25) is 11.8 Å². The van der Waals surface area contributed by atoms with Crippen LogP contribution in [0.5, 0.6) is 5.75 Å². The number of rotatable bonds is 12. The second-order valence-electron chi connectivity index (χ2n) is 11.2. The van der Waals surface area contributed by atoms with Crippen molar-refractivity contribution in [3.63, 3.8) is 0 Å². The number of methoxy groups -OCH3 is 1. The smallest absolute Gasteiger partial charge is 0.264 e. The topological polar surface area (TPSA) is 96.0 Å². The summed E-state index contributed by atoms with van der Waals surface area (Å²) in [5, 5.41) is 4.04. The first-order chi connectivity index (χ1) is 21.4. The van der Waals surface area contributed by atoms with Crippen LogP contribution in [0.3, 0.4) is 0 Å². The van der Waals surface area contributed by atoms with Gasteiger partial charge in [0, 0.05) is 17.6 Å². The van der Waals surface area contributed by atoms with Crippen molar-refractivity contribution in [3.05, 3.63) is 86.9 Å². The van der Waals surface area contributed by atoms with Gasteiger partial charge in [0.1, 0.15) is 18.3 Å². The van der Waals surface area contributed by atoms with Gasteiger partial charge >= 0.3 is 0 Å².